The van der Waals surface area contributed by atoms with Gasteiger partial charge < -0.3 is 15.2 Å². The fourth-order valence-electron chi connectivity index (χ4n) is 4.51. The number of nitrogens with one attached hydrogen (secondary N) is 1. The van der Waals surface area contributed by atoms with Crippen LogP contribution in [0.2, 0.25) is 0 Å². The SMILES string of the molecule is CCSc1ccc(C(CO)NC(=O)c2cnc3c(c2)CN(CC2CCC(C(F)(F)F)CO2)C3)cc1. The molecule has 35 heavy (non-hydrogen) atoms. The molecule has 6 nitrogen and oxygen atoms in total. The third-order valence-corrected chi connectivity index (χ3v) is 7.36. The fourth-order valence-corrected chi connectivity index (χ4v) is 5.18. The van der Waals surface area contributed by atoms with Crippen molar-refractivity contribution in [3.05, 3.63) is 58.9 Å². The largest absolute Gasteiger partial charge is 0.394 e. The van der Waals surface area contributed by atoms with Crippen LogP contribution in [0.1, 0.15) is 53.0 Å². The van der Waals surface area contributed by atoms with E-state index >= 15 is 0 Å². The van der Waals surface area contributed by atoms with Gasteiger partial charge in [0, 0.05) is 30.7 Å². The third-order valence-electron chi connectivity index (χ3n) is 6.47. The number of carbonyl (C=O) groups is 1. The van der Waals surface area contributed by atoms with E-state index in [4.69, 9.17) is 4.74 Å². The molecule has 0 saturated carbocycles. The molecule has 2 aliphatic rings. The summed E-state index contributed by atoms with van der Waals surface area (Å²) in [6, 6.07) is 9.03. The van der Waals surface area contributed by atoms with Crippen molar-refractivity contribution in [3.8, 4) is 0 Å². The van der Waals surface area contributed by atoms with Crippen molar-refractivity contribution in [1.29, 1.82) is 0 Å². The Labute approximate surface area is 207 Å². The fraction of sp³-hybridized carbons (Fsp3) is 0.520. The molecule has 3 atom stereocenters. The summed E-state index contributed by atoms with van der Waals surface area (Å²) in [6.45, 7) is 3.22. The lowest BCUT2D eigenvalue weighted by molar-refractivity contribution is -0.208. The Morgan fingerprint density at radius 1 is 1.29 bits per heavy atom. The van der Waals surface area contributed by atoms with Gasteiger partial charge in [0.1, 0.15) is 0 Å². The van der Waals surface area contributed by atoms with Gasteiger partial charge in [-0.1, -0.05) is 19.1 Å². The normalized spacial score (nSPS) is 21.5. The molecule has 10 heteroatoms. The second kappa shape index (κ2) is 11.3. The molecule has 1 fully saturated rings. The number of ether oxygens (including phenoxy) is 1. The van der Waals surface area contributed by atoms with Gasteiger partial charge in [0.05, 0.1) is 42.5 Å². The van der Waals surface area contributed by atoms with Crippen molar-refractivity contribution in [1.82, 2.24) is 15.2 Å². The molecule has 2 N–H and O–H groups in total. The molecule has 0 bridgehead atoms. The molecule has 4 rings (SSSR count). The molecule has 1 saturated heterocycles. The van der Waals surface area contributed by atoms with Crippen molar-refractivity contribution >= 4 is 17.7 Å². The topological polar surface area (TPSA) is 74.7 Å². The van der Waals surface area contributed by atoms with E-state index in [1.807, 2.05) is 24.3 Å². The molecular formula is C25H30F3N3O3S. The number of alkyl halides is 3. The number of thioether (sulfide) groups is 1. The Kier molecular flexibility index (Phi) is 8.36. The third kappa shape index (κ3) is 6.55. The number of amides is 1. The highest BCUT2D eigenvalue weighted by atomic mass is 32.2. The lowest BCUT2D eigenvalue weighted by Crippen LogP contribution is -2.39. The van der Waals surface area contributed by atoms with E-state index in [1.165, 1.54) is 6.20 Å². The van der Waals surface area contributed by atoms with Crippen molar-refractivity contribution in [3.63, 3.8) is 0 Å². The minimum Gasteiger partial charge on any atom is -0.394 e. The van der Waals surface area contributed by atoms with Crippen LogP contribution in [0.15, 0.2) is 41.4 Å². The molecule has 3 unspecified atom stereocenters. The van der Waals surface area contributed by atoms with E-state index in [1.54, 1.807) is 17.8 Å². The van der Waals surface area contributed by atoms with E-state index in [0.717, 1.165) is 27.5 Å². The Morgan fingerprint density at radius 3 is 2.69 bits per heavy atom. The van der Waals surface area contributed by atoms with Crippen LogP contribution in [0.4, 0.5) is 13.2 Å². The molecule has 0 spiro atoms. The van der Waals surface area contributed by atoms with E-state index < -0.39 is 18.1 Å². The first-order chi connectivity index (χ1) is 16.8. The minimum absolute atomic E-state index is 0.0870. The van der Waals surface area contributed by atoms with Gasteiger partial charge in [0.15, 0.2) is 0 Å². The van der Waals surface area contributed by atoms with Crippen LogP contribution in [-0.2, 0) is 17.8 Å². The summed E-state index contributed by atoms with van der Waals surface area (Å²) in [5, 5.41) is 12.7. The first kappa shape index (κ1) is 25.9. The molecule has 0 aliphatic carbocycles. The highest BCUT2D eigenvalue weighted by Crippen LogP contribution is 2.34. The second-order valence-electron chi connectivity index (χ2n) is 8.98. The second-order valence-corrected chi connectivity index (χ2v) is 10.3. The maximum atomic E-state index is 12.9. The lowest BCUT2D eigenvalue weighted by atomic mass is 9.98. The molecule has 1 amide bonds. The van der Waals surface area contributed by atoms with Crippen molar-refractivity contribution in [2.75, 3.05) is 25.5 Å². The first-order valence-electron chi connectivity index (χ1n) is 11.8. The van der Waals surface area contributed by atoms with Crippen LogP contribution in [0, 0.1) is 5.92 Å². The maximum Gasteiger partial charge on any atom is 0.394 e. The van der Waals surface area contributed by atoms with Crippen LogP contribution in [0.3, 0.4) is 0 Å². The van der Waals surface area contributed by atoms with Gasteiger partial charge in [0.25, 0.3) is 5.91 Å². The molecule has 190 valence electrons. The first-order valence-corrected chi connectivity index (χ1v) is 12.8. The quantitative estimate of drug-likeness (QED) is 0.516. The minimum atomic E-state index is -4.21. The predicted octanol–water partition coefficient (Wildman–Crippen LogP) is 4.33. The summed E-state index contributed by atoms with van der Waals surface area (Å²) in [5.74, 6) is -0.735. The van der Waals surface area contributed by atoms with Crippen molar-refractivity contribution in [2.45, 2.75) is 56.1 Å². The number of rotatable bonds is 8. The van der Waals surface area contributed by atoms with E-state index in [-0.39, 0.29) is 31.6 Å². The Hall–Kier alpha value is -2.14. The van der Waals surface area contributed by atoms with Crippen LogP contribution in [0.25, 0.3) is 0 Å². The number of halogens is 3. The predicted molar refractivity (Wildman–Crippen MR) is 127 cm³/mol. The number of aliphatic hydroxyl groups is 1. The van der Waals surface area contributed by atoms with Gasteiger partial charge in [-0.2, -0.15) is 13.2 Å². The number of pyridine rings is 1. The number of benzene rings is 1. The molecule has 1 aromatic heterocycles. The van der Waals surface area contributed by atoms with E-state index in [0.29, 0.717) is 31.6 Å². The van der Waals surface area contributed by atoms with Gasteiger partial charge in [-0.15, -0.1) is 11.8 Å². The van der Waals surface area contributed by atoms with Gasteiger partial charge in [-0.05, 0) is 47.9 Å². The van der Waals surface area contributed by atoms with Crippen LogP contribution in [0.5, 0.6) is 0 Å². The standard InChI is InChI=1S/C25H30F3N3O3S/c1-2-35-21-7-3-16(4-8-21)23(14-32)30-24(33)17-9-18-11-31(13-22(18)29-10-17)12-20-6-5-19(15-34-20)25(26,27)28/h3-4,7-10,19-20,23,32H,2,5-6,11-15H2,1H3,(H,30,33). The van der Waals surface area contributed by atoms with Gasteiger partial charge in [-0.25, -0.2) is 0 Å². The Bertz CT molecular complexity index is 1010. The maximum absolute atomic E-state index is 12.9. The van der Waals surface area contributed by atoms with Crippen LogP contribution in [-0.4, -0.2) is 58.7 Å². The van der Waals surface area contributed by atoms with Gasteiger partial charge >= 0.3 is 6.18 Å². The number of carbonyl (C=O) groups excluding carboxylic acids is 1. The van der Waals surface area contributed by atoms with Crippen LogP contribution < -0.4 is 5.32 Å². The zero-order valence-corrected chi connectivity index (χ0v) is 20.4. The molecular weight excluding hydrogens is 479 g/mol. The van der Waals surface area contributed by atoms with Crippen molar-refractivity contribution < 1.29 is 27.8 Å². The summed E-state index contributed by atoms with van der Waals surface area (Å²) < 4.78 is 44.0. The van der Waals surface area contributed by atoms with Gasteiger partial charge in [-0.3, -0.25) is 14.7 Å². The lowest BCUT2D eigenvalue weighted by Gasteiger charge is -2.32. The van der Waals surface area contributed by atoms with Gasteiger partial charge in [0.2, 0.25) is 0 Å². The molecule has 3 heterocycles. The number of hydrogen-bond donors (Lipinski definition) is 2. The zero-order valence-electron chi connectivity index (χ0n) is 19.6. The molecule has 2 aliphatic heterocycles. The summed E-state index contributed by atoms with van der Waals surface area (Å²) >= 11 is 1.72. The molecule has 0 radical (unpaired) electrons. The zero-order chi connectivity index (χ0) is 25.0. The monoisotopic (exact) mass is 509 g/mol. The summed E-state index contributed by atoms with van der Waals surface area (Å²) in [5.41, 5.74) is 3.00. The number of hydrogen-bond acceptors (Lipinski definition) is 6. The average molecular weight is 510 g/mol. The van der Waals surface area contributed by atoms with E-state index in [9.17, 15) is 23.1 Å². The Balaban J connectivity index is 1.32. The highest BCUT2D eigenvalue weighted by molar-refractivity contribution is 7.99. The summed E-state index contributed by atoms with van der Waals surface area (Å²) in [6.07, 6.45) is -2.46. The Morgan fingerprint density at radius 2 is 2.06 bits per heavy atom. The van der Waals surface area contributed by atoms with Crippen molar-refractivity contribution in [2.24, 2.45) is 5.92 Å². The number of fused-ring (bicyclic) bond motifs is 1. The summed E-state index contributed by atoms with van der Waals surface area (Å²) in [4.78, 5) is 20.5. The average Bonchev–Trinajstić information content (AvgIpc) is 3.24. The highest BCUT2D eigenvalue weighted by Gasteiger charge is 2.42. The number of nitrogens with zero attached hydrogens (tertiary/aromatic N) is 2. The number of aromatic nitrogens is 1. The summed E-state index contributed by atoms with van der Waals surface area (Å²) in [7, 11) is 0. The smallest absolute Gasteiger partial charge is 0.394 e. The molecule has 1 aromatic carbocycles. The molecule has 2 aromatic rings. The van der Waals surface area contributed by atoms with E-state index in [2.05, 4.69) is 22.1 Å². The number of aliphatic hydroxyl groups excluding tert-OH is 1. The van der Waals surface area contributed by atoms with Crippen LogP contribution >= 0.6 is 11.8 Å².